The third-order valence-corrected chi connectivity index (χ3v) is 5.26. The molecule has 0 aliphatic rings. The van der Waals surface area contributed by atoms with Gasteiger partial charge in [0.1, 0.15) is 5.75 Å². The fourth-order valence-corrected chi connectivity index (χ4v) is 3.76. The number of amides is 1. The van der Waals surface area contributed by atoms with Gasteiger partial charge in [-0.05, 0) is 51.0 Å². The number of nitrogens with one attached hydrogen (secondary N) is 1. The van der Waals surface area contributed by atoms with Crippen LogP contribution in [0.25, 0.3) is 0 Å². The number of carbonyl (C=O) groups is 1. The van der Waals surface area contributed by atoms with E-state index in [-0.39, 0.29) is 23.4 Å². The molecule has 6 nitrogen and oxygen atoms in total. The number of hydrogen-bond donors (Lipinski definition) is 1. The minimum absolute atomic E-state index is 0.0296. The van der Waals surface area contributed by atoms with Crippen LogP contribution in [0.15, 0.2) is 17.0 Å². The van der Waals surface area contributed by atoms with Gasteiger partial charge in [0.25, 0.3) is 0 Å². The highest BCUT2D eigenvalue weighted by atomic mass is 32.2. The predicted octanol–water partition coefficient (Wildman–Crippen LogP) is 1.85. The topological polar surface area (TPSA) is 75.7 Å². The van der Waals surface area contributed by atoms with Gasteiger partial charge in [-0.25, -0.2) is 13.1 Å². The molecule has 0 saturated carbocycles. The molecule has 23 heavy (non-hydrogen) atoms. The fourth-order valence-electron chi connectivity index (χ4n) is 2.43. The van der Waals surface area contributed by atoms with Gasteiger partial charge in [-0.2, -0.15) is 0 Å². The highest BCUT2D eigenvalue weighted by molar-refractivity contribution is 7.89. The molecule has 0 spiro atoms. The maximum absolute atomic E-state index is 12.5. The monoisotopic (exact) mass is 342 g/mol. The molecular weight excluding hydrogens is 316 g/mol. The van der Waals surface area contributed by atoms with E-state index in [1.165, 1.54) is 6.92 Å². The van der Waals surface area contributed by atoms with E-state index in [1.807, 2.05) is 13.8 Å². The first kappa shape index (κ1) is 19.4. The molecule has 0 saturated heterocycles. The van der Waals surface area contributed by atoms with Crippen LogP contribution in [0.5, 0.6) is 5.75 Å². The van der Waals surface area contributed by atoms with E-state index in [2.05, 4.69) is 4.72 Å². The van der Waals surface area contributed by atoms with E-state index < -0.39 is 10.0 Å². The summed E-state index contributed by atoms with van der Waals surface area (Å²) >= 11 is 0. The van der Waals surface area contributed by atoms with E-state index in [0.29, 0.717) is 17.9 Å². The lowest BCUT2D eigenvalue weighted by molar-refractivity contribution is -0.130. The summed E-state index contributed by atoms with van der Waals surface area (Å²) in [5.74, 6) is 0.583. The van der Waals surface area contributed by atoms with Crippen LogP contribution >= 0.6 is 0 Å². The third-order valence-electron chi connectivity index (χ3n) is 3.65. The van der Waals surface area contributed by atoms with E-state index in [9.17, 15) is 13.2 Å². The smallest absolute Gasteiger partial charge is 0.240 e. The summed E-state index contributed by atoms with van der Waals surface area (Å²) in [5.41, 5.74) is 1.37. The molecule has 0 aliphatic carbocycles. The molecule has 7 heteroatoms. The molecule has 0 unspecified atom stereocenters. The first-order chi connectivity index (χ1) is 10.6. The summed E-state index contributed by atoms with van der Waals surface area (Å²) in [7, 11) is -2.08. The van der Waals surface area contributed by atoms with Crippen molar-refractivity contribution in [1.29, 1.82) is 0 Å². The fraction of sp³-hybridized carbons (Fsp3) is 0.562. The molecule has 1 N–H and O–H groups in total. The number of ether oxygens (including phenoxy) is 1. The van der Waals surface area contributed by atoms with Gasteiger partial charge in [0.2, 0.25) is 15.9 Å². The van der Waals surface area contributed by atoms with Crippen molar-refractivity contribution in [3.05, 3.63) is 23.3 Å². The molecule has 0 aromatic heterocycles. The second kappa shape index (κ2) is 7.79. The summed E-state index contributed by atoms with van der Waals surface area (Å²) in [5, 5.41) is 0. The van der Waals surface area contributed by atoms with Crippen LogP contribution in [0.3, 0.4) is 0 Å². The van der Waals surface area contributed by atoms with Gasteiger partial charge in [-0.1, -0.05) is 0 Å². The summed E-state index contributed by atoms with van der Waals surface area (Å²) in [6.07, 6.45) is 0. The van der Waals surface area contributed by atoms with Gasteiger partial charge in [0, 0.05) is 26.1 Å². The van der Waals surface area contributed by atoms with Crippen LogP contribution in [0, 0.1) is 13.8 Å². The zero-order chi connectivity index (χ0) is 17.8. The average Bonchev–Trinajstić information content (AvgIpc) is 2.44. The van der Waals surface area contributed by atoms with E-state index in [1.54, 1.807) is 38.0 Å². The highest BCUT2D eigenvalue weighted by Crippen LogP contribution is 2.25. The molecule has 0 radical (unpaired) electrons. The van der Waals surface area contributed by atoms with Crippen molar-refractivity contribution in [2.45, 2.75) is 45.6 Å². The van der Waals surface area contributed by atoms with E-state index >= 15 is 0 Å². The lowest BCUT2D eigenvalue weighted by Crippen LogP contribution is -2.41. The minimum atomic E-state index is -3.63. The van der Waals surface area contributed by atoms with E-state index in [4.69, 9.17) is 4.74 Å². The Morgan fingerprint density at radius 1 is 1.26 bits per heavy atom. The Labute approximate surface area is 138 Å². The van der Waals surface area contributed by atoms with Crippen LogP contribution in [0.2, 0.25) is 0 Å². The second-order valence-electron chi connectivity index (χ2n) is 5.79. The molecule has 1 aromatic rings. The molecule has 0 bridgehead atoms. The Bertz CT molecular complexity index is 669. The Morgan fingerprint density at radius 2 is 1.87 bits per heavy atom. The molecular formula is C16H26N2O4S. The first-order valence-corrected chi connectivity index (χ1v) is 9.00. The second-order valence-corrected chi connectivity index (χ2v) is 7.53. The third kappa shape index (κ3) is 4.94. The lowest BCUT2D eigenvalue weighted by atomic mass is 10.1. The number of nitrogens with zero attached hydrogens (tertiary/aromatic N) is 1. The van der Waals surface area contributed by atoms with Crippen molar-refractivity contribution in [3.8, 4) is 5.75 Å². The number of rotatable bonds is 7. The van der Waals surface area contributed by atoms with Gasteiger partial charge in [0.05, 0.1) is 12.0 Å². The number of aryl methyl sites for hydroxylation is 2. The molecule has 130 valence electrons. The highest BCUT2D eigenvalue weighted by Gasteiger charge is 2.19. The Balaban J connectivity index is 2.89. The molecule has 0 atom stereocenters. The maximum Gasteiger partial charge on any atom is 0.240 e. The first-order valence-electron chi connectivity index (χ1n) is 7.52. The van der Waals surface area contributed by atoms with Crippen LogP contribution in [0.4, 0.5) is 0 Å². The van der Waals surface area contributed by atoms with Gasteiger partial charge in [-0.15, -0.1) is 0 Å². The van der Waals surface area contributed by atoms with Crippen molar-refractivity contribution in [3.63, 3.8) is 0 Å². The molecule has 1 aromatic carbocycles. The van der Waals surface area contributed by atoms with Crippen molar-refractivity contribution in [1.82, 2.24) is 9.62 Å². The lowest BCUT2D eigenvalue weighted by Gasteiger charge is -2.25. The predicted molar refractivity (Wildman–Crippen MR) is 90.2 cm³/mol. The summed E-state index contributed by atoms with van der Waals surface area (Å²) in [6, 6.07) is 3.34. The van der Waals surface area contributed by atoms with Crippen molar-refractivity contribution >= 4 is 15.9 Å². The van der Waals surface area contributed by atoms with Gasteiger partial charge < -0.3 is 9.64 Å². The standard InChI is InChI=1S/C16H26N2O4S/c1-11(2)18(14(5)19)8-7-17-23(20,21)16-10-12(3)15(22-6)9-13(16)4/h9-11,17H,7-8H2,1-6H3. The number of sulfonamides is 1. The molecule has 1 rings (SSSR count). The zero-order valence-corrected chi connectivity index (χ0v) is 15.5. The maximum atomic E-state index is 12.5. The average molecular weight is 342 g/mol. The number of methoxy groups -OCH3 is 1. The van der Waals surface area contributed by atoms with Gasteiger partial charge >= 0.3 is 0 Å². The Kier molecular flexibility index (Phi) is 6.58. The van der Waals surface area contributed by atoms with Crippen LogP contribution < -0.4 is 9.46 Å². The van der Waals surface area contributed by atoms with Gasteiger partial charge in [0.15, 0.2) is 0 Å². The van der Waals surface area contributed by atoms with Crippen molar-refractivity contribution in [2.24, 2.45) is 0 Å². The molecule has 0 fully saturated rings. The quantitative estimate of drug-likeness (QED) is 0.820. The molecule has 0 heterocycles. The number of benzene rings is 1. The minimum Gasteiger partial charge on any atom is -0.496 e. The molecule has 0 aliphatic heterocycles. The van der Waals surface area contributed by atoms with Crippen LogP contribution in [0.1, 0.15) is 31.9 Å². The normalized spacial score (nSPS) is 11.6. The SMILES string of the molecule is COc1cc(C)c(S(=O)(=O)NCCN(C(C)=O)C(C)C)cc1C. The Hall–Kier alpha value is -1.60. The van der Waals surface area contributed by atoms with E-state index in [0.717, 1.165) is 5.56 Å². The summed E-state index contributed by atoms with van der Waals surface area (Å²) in [4.78, 5) is 13.4. The number of hydrogen-bond acceptors (Lipinski definition) is 4. The largest absolute Gasteiger partial charge is 0.496 e. The molecule has 1 amide bonds. The van der Waals surface area contributed by atoms with Gasteiger partial charge in [-0.3, -0.25) is 4.79 Å². The zero-order valence-electron chi connectivity index (χ0n) is 14.6. The van der Waals surface area contributed by atoms with Crippen molar-refractivity contribution < 1.29 is 17.9 Å². The Morgan fingerprint density at radius 3 is 2.35 bits per heavy atom. The number of carbonyl (C=O) groups excluding carboxylic acids is 1. The van der Waals surface area contributed by atoms with Crippen molar-refractivity contribution in [2.75, 3.05) is 20.2 Å². The summed E-state index contributed by atoms with van der Waals surface area (Å²) < 4.78 is 32.7. The van der Waals surface area contributed by atoms with Crippen LogP contribution in [-0.2, 0) is 14.8 Å². The van der Waals surface area contributed by atoms with Crippen LogP contribution in [-0.4, -0.2) is 45.5 Å². The summed E-state index contributed by atoms with van der Waals surface area (Å²) in [6.45, 7) is 9.30.